The fraction of sp³-hybridized carbons (Fsp3) is 0. The third kappa shape index (κ3) is 3.97. The van der Waals surface area contributed by atoms with Crippen LogP contribution in [0.5, 0.6) is 0 Å². The predicted molar refractivity (Wildman–Crippen MR) is 234 cm³/mol. The van der Waals surface area contributed by atoms with Crippen LogP contribution >= 0.6 is 0 Å². The van der Waals surface area contributed by atoms with Gasteiger partial charge in [-0.3, -0.25) is 4.57 Å². The standard InChI is InChI=1S/C52H29N3O/c1-3-13-33-30(11-1)22-25-42-49(32-23-28-46-43(29-32)38-18-9-10-20-45(38)56-46)53-52(54-50(33)42)55-44-27-26-40-37-17-6-5-15-35(37)36-16-7-8-19-39(36)47(40)48(44)41-24-21-31-12-2-4-14-34(31)51(41)55/h1-29H. The van der Waals surface area contributed by atoms with Crippen LogP contribution in [0, 0.1) is 0 Å². The zero-order valence-electron chi connectivity index (χ0n) is 30.0. The highest BCUT2D eigenvalue weighted by Crippen LogP contribution is 2.45. The van der Waals surface area contributed by atoms with Crippen molar-refractivity contribution < 1.29 is 4.42 Å². The van der Waals surface area contributed by atoms with E-state index in [1.807, 2.05) is 12.1 Å². The molecule has 0 bridgehead atoms. The minimum absolute atomic E-state index is 0.641. The van der Waals surface area contributed by atoms with Gasteiger partial charge in [0.2, 0.25) is 5.95 Å². The Morgan fingerprint density at radius 2 is 0.946 bits per heavy atom. The molecule has 0 aliphatic carbocycles. The molecule has 3 aromatic heterocycles. The van der Waals surface area contributed by atoms with Gasteiger partial charge in [0.05, 0.1) is 22.2 Å². The smallest absolute Gasteiger partial charge is 0.235 e. The van der Waals surface area contributed by atoms with E-state index in [1.165, 1.54) is 48.5 Å². The van der Waals surface area contributed by atoms with Crippen LogP contribution in [0.1, 0.15) is 0 Å². The monoisotopic (exact) mass is 711 g/mol. The van der Waals surface area contributed by atoms with E-state index in [9.17, 15) is 0 Å². The zero-order valence-corrected chi connectivity index (χ0v) is 30.0. The van der Waals surface area contributed by atoms with Gasteiger partial charge in [-0.15, -0.1) is 0 Å². The van der Waals surface area contributed by atoms with Gasteiger partial charge >= 0.3 is 0 Å². The summed E-state index contributed by atoms with van der Waals surface area (Å²) in [6, 6.07) is 63.1. The largest absolute Gasteiger partial charge is 0.456 e. The van der Waals surface area contributed by atoms with Gasteiger partial charge < -0.3 is 4.42 Å². The molecule has 3 heterocycles. The summed E-state index contributed by atoms with van der Waals surface area (Å²) in [5, 5.41) is 17.6. The van der Waals surface area contributed by atoms with Crippen molar-refractivity contribution in [3.63, 3.8) is 0 Å². The van der Waals surface area contributed by atoms with E-state index < -0.39 is 0 Å². The van der Waals surface area contributed by atoms with Crippen molar-refractivity contribution in [2.24, 2.45) is 0 Å². The van der Waals surface area contributed by atoms with Crippen molar-refractivity contribution in [3.05, 3.63) is 176 Å². The van der Waals surface area contributed by atoms with E-state index in [2.05, 4.69) is 168 Å². The molecule has 0 fully saturated rings. The summed E-state index contributed by atoms with van der Waals surface area (Å²) in [6.45, 7) is 0. The highest BCUT2D eigenvalue weighted by molar-refractivity contribution is 6.36. The number of aromatic nitrogens is 3. The normalized spacial score (nSPS) is 12.3. The maximum atomic E-state index is 6.26. The fourth-order valence-electron chi connectivity index (χ4n) is 9.51. The maximum Gasteiger partial charge on any atom is 0.235 e. The SMILES string of the molecule is c1ccc2c(c1)ccc1c(-c3ccc4oc5ccccc5c4c3)nc(-n3c4ccc5c6ccccc6c6ccccc6c5c4c4ccc5ccccc5c43)nc12. The van der Waals surface area contributed by atoms with E-state index >= 15 is 0 Å². The molecule has 4 heteroatoms. The quantitative estimate of drug-likeness (QED) is 0.168. The molecule has 10 aromatic carbocycles. The van der Waals surface area contributed by atoms with Gasteiger partial charge in [0, 0.05) is 48.7 Å². The zero-order chi connectivity index (χ0) is 36.5. The summed E-state index contributed by atoms with van der Waals surface area (Å²) >= 11 is 0. The number of furan rings is 1. The molecule has 56 heavy (non-hydrogen) atoms. The van der Waals surface area contributed by atoms with Crippen LogP contribution in [-0.2, 0) is 0 Å². The summed E-state index contributed by atoms with van der Waals surface area (Å²) in [5.74, 6) is 0.641. The second kappa shape index (κ2) is 11.0. The molecule has 4 nitrogen and oxygen atoms in total. The number of hydrogen-bond donors (Lipinski definition) is 0. The molecule has 0 spiro atoms. The molecule has 0 saturated heterocycles. The maximum absolute atomic E-state index is 6.26. The van der Waals surface area contributed by atoms with Gasteiger partial charge in [0.15, 0.2) is 0 Å². The first-order chi connectivity index (χ1) is 27.8. The summed E-state index contributed by atoms with van der Waals surface area (Å²) in [5.41, 5.74) is 6.74. The minimum Gasteiger partial charge on any atom is -0.456 e. The van der Waals surface area contributed by atoms with Crippen LogP contribution in [0.15, 0.2) is 180 Å². The first-order valence-corrected chi connectivity index (χ1v) is 19.1. The third-order valence-electron chi connectivity index (χ3n) is 12.0. The van der Waals surface area contributed by atoms with Crippen LogP contribution in [-0.4, -0.2) is 14.5 Å². The summed E-state index contributed by atoms with van der Waals surface area (Å²) in [7, 11) is 0. The molecule has 0 N–H and O–H groups in total. The molecular formula is C52H29N3O. The molecule has 0 radical (unpaired) electrons. The van der Waals surface area contributed by atoms with Gasteiger partial charge in [-0.1, -0.05) is 140 Å². The van der Waals surface area contributed by atoms with E-state index in [0.717, 1.165) is 71.3 Å². The highest BCUT2D eigenvalue weighted by atomic mass is 16.3. The highest BCUT2D eigenvalue weighted by Gasteiger charge is 2.23. The van der Waals surface area contributed by atoms with Crippen molar-refractivity contribution in [1.29, 1.82) is 0 Å². The summed E-state index contributed by atoms with van der Waals surface area (Å²) in [6.07, 6.45) is 0. The molecule has 0 amide bonds. The average molecular weight is 712 g/mol. The Morgan fingerprint density at radius 3 is 1.73 bits per heavy atom. The molecule has 258 valence electrons. The van der Waals surface area contributed by atoms with Crippen molar-refractivity contribution in [3.8, 4) is 17.2 Å². The predicted octanol–water partition coefficient (Wildman–Crippen LogP) is 14.1. The van der Waals surface area contributed by atoms with E-state index in [4.69, 9.17) is 14.4 Å². The van der Waals surface area contributed by atoms with Crippen LogP contribution in [0.3, 0.4) is 0 Å². The summed E-state index contributed by atoms with van der Waals surface area (Å²) in [4.78, 5) is 11.2. The van der Waals surface area contributed by atoms with Gasteiger partial charge in [0.1, 0.15) is 11.2 Å². The molecule has 13 aromatic rings. The van der Waals surface area contributed by atoms with Crippen LogP contribution in [0.2, 0.25) is 0 Å². The van der Waals surface area contributed by atoms with Gasteiger partial charge in [0.25, 0.3) is 0 Å². The number of benzene rings is 10. The Bertz CT molecular complexity index is 3800. The van der Waals surface area contributed by atoms with E-state index in [1.54, 1.807) is 0 Å². The molecule has 0 aliphatic heterocycles. The fourth-order valence-corrected chi connectivity index (χ4v) is 9.51. The van der Waals surface area contributed by atoms with Crippen molar-refractivity contribution in [1.82, 2.24) is 14.5 Å². The lowest BCUT2D eigenvalue weighted by Gasteiger charge is -2.14. The van der Waals surface area contributed by atoms with Crippen molar-refractivity contribution in [2.75, 3.05) is 0 Å². The molecule has 0 unspecified atom stereocenters. The van der Waals surface area contributed by atoms with Gasteiger partial charge in [-0.25, -0.2) is 9.97 Å². The van der Waals surface area contributed by atoms with Crippen LogP contribution in [0.25, 0.3) is 126 Å². The lowest BCUT2D eigenvalue weighted by molar-refractivity contribution is 0.669. The topological polar surface area (TPSA) is 43.9 Å². The number of fused-ring (bicyclic) bond motifs is 18. The lowest BCUT2D eigenvalue weighted by atomic mass is 9.91. The first kappa shape index (κ1) is 29.8. The first-order valence-electron chi connectivity index (χ1n) is 19.1. The number of nitrogens with zero attached hydrogens (tertiary/aromatic N) is 3. The number of para-hydroxylation sites is 1. The second-order valence-electron chi connectivity index (χ2n) is 14.9. The number of hydrogen-bond acceptors (Lipinski definition) is 3. The molecule has 0 atom stereocenters. The molecule has 0 aliphatic rings. The van der Waals surface area contributed by atoms with Crippen molar-refractivity contribution in [2.45, 2.75) is 0 Å². The average Bonchev–Trinajstić information content (AvgIpc) is 3.82. The minimum atomic E-state index is 0.641. The summed E-state index contributed by atoms with van der Waals surface area (Å²) < 4.78 is 8.59. The van der Waals surface area contributed by atoms with Gasteiger partial charge in [-0.2, -0.15) is 0 Å². The molecule has 13 rings (SSSR count). The lowest BCUT2D eigenvalue weighted by Crippen LogP contribution is -2.04. The van der Waals surface area contributed by atoms with Gasteiger partial charge in [-0.05, 0) is 74.1 Å². The second-order valence-corrected chi connectivity index (χ2v) is 14.9. The van der Waals surface area contributed by atoms with Crippen LogP contribution in [0.4, 0.5) is 0 Å². The Kier molecular flexibility index (Phi) is 5.86. The molecular weight excluding hydrogens is 683 g/mol. The van der Waals surface area contributed by atoms with E-state index in [-0.39, 0.29) is 0 Å². The number of rotatable bonds is 2. The molecule has 0 saturated carbocycles. The third-order valence-corrected chi connectivity index (χ3v) is 12.0. The van der Waals surface area contributed by atoms with Crippen LogP contribution < -0.4 is 0 Å². The Morgan fingerprint density at radius 1 is 0.375 bits per heavy atom. The Hall–Kier alpha value is -7.56. The Balaban J connectivity index is 1.23. The van der Waals surface area contributed by atoms with Crippen molar-refractivity contribution >= 4 is 109 Å². The van der Waals surface area contributed by atoms with E-state index in [0.29, 0.717) is 5.95 Å². The Labute approximate surface area is 319 Å².